The number of rotatable bonds is 3. The molecule has 0 saturated heterocycles. The van der Waals surface area contributed by atoms with Gasteiger partial charge in [0.15, 0.2) is 0 Å². The molecule has 1 aliphatic rings. The topological polar surface area (TPSA) is 91.1 Å². The van der Waals surface area contributed by atoms with Crippen LogP contribution in [0.2, 0.25) is 0 Å². The van der Waals surface area contributed by atoms with Gasteiger partial charge >= 0.3 is 0 Å². The summed E-state index contributed by atoms with van der Waals surface area (Å²) in [6, 6.07) is 14.8. The second-order valence-electron chi connectivity index (χ2n) is 6.80. The van der Waals surface area contributed by atoms with Crippen molar-refractivity contribution in [3.63, 3.8) is 0 Å². The summed E-state index contributed by atoms with van der Waals surface area (Å²) < 4.78 is 14.3. The van der Waals surface area contributed by atoms with Gasteiger partial charge in [-0.25, -0.2) is 9.07 Å². The Morgan fingerprint density at radius 3 is 2.41 bits per heavy atom. The molecule has 1 saturated carbocycles. The standard InChI is InChI=1S/C11H10FN3O2.C10H12/c1-5-8(10(13)16)6-3-2-4-7(12)9(6)11(17)15(5)14;1-2-4-9(5-3-1)8-10-6-7-10/h2-4H,14H2,1H3,(H2,13,16);1-5,10H,6-8H2. The lowest BCUT2D eigenvalue weighted by molar-refractivity contribution is 0.100. The largest absolute Gasteiger partial charge is 0.366 e. The monoisotopic (exact) mass is 367 g/mol. The minimum absolute atomic E-state index is 0.0570. The Morgan fingerprint density at radius 1 is 1.15 bits per heavy atom. The van der Waals surface area contributed by atoms with Crippen LogP contribution < -0.4 is 17.1 Å². The summed E-state index contributed by atoms with van der Waals surface area (Å²) in [5.41, 5.74) is 6.29. The normalized spacial score (nSPS) is 13.1. The highest BCUT2D eigenvalue weighted by molar-refractivity contribution is 6.07. The Balaban J connectivity index is 0.000000177. The van der Waals surface area contributed by atoms with Gasteiger partial charge in [-0.2, -0.15) is 0 Å². The van der Waals surface area contributed by atoms with Crippen LogP contribution in [-0.2, 0) is 6.42 Å². The minimum atomic E-state index is -0.752. The molecule has 1 aromatic heterocycles. The number of nitrogen functional groups attached to an aromatic ring is 1. The van der Waals surface area contributed by atoms with Gasteiger partial charge in [-0.15, -0.1) is 0 Å². The van der Waals surface area contributed by atoms with Gasteiger partial charge in [0.25, 0.3) is 11.5 Å². The number of hydrogen-bond acceptors (Lipinski definition) is 3. The van der Waals surface area contributed by atoms with Crippen molar-refractivity contribution in [3.05, 3.63) is 81.5 Å². The van der Waals surface area contributed by atoms with Crippen LogP contribution in [0, 0.1) is 18.7 Å². The molecule has 2 aromatic carbocycles. The maximum atomic E-state index is 13.6. The number of amides is 1. The summed E-state index contributed by atoms with van der Waals surface area (Å²) in [5.74, 6) is 5.02. The molecule has 0 radical (unpaired) electrons. The van der Waals surface area contributed by atoms with E-state index >= 15 is 0 Å². The van der Waals surface area contributed by atoms with Crippen molar-refractivity contribution in [2.24, 2.45) is 11.7 Å². The van der Waals surface area contributed by atoms with E-state index in [0.717, 1.165) is 16.7 Å². The van der Waals surface area contributed by atoms with Crippen LogP contribution in [0.5, 0.6) is 0 Å². The fourth-order valence-electron chi connectivity index (χ4n) is 3.12. The van der Waals surface area contributed by atoms with Crippen LogP contribution in [0.4, 0.5) is 4.39 Å². The molecule has 27 heavy (non-hydrogen) atoms. The molecule has 0 atom stereocenters. The number of pyridine rings is 1. The zero-order chi connectivity index (χ0) is 19.6. The summed E-state index contributed by atoms with van der Waals surface area (Å²) >= 11 is 0. The highest BCUT2D eigenvalue weighted by Gasteiger charge is 2.21. The van der Waals surface area contributed by atoms with E-state index in [-0.39, 0.29) is 22.0 Å². The van der Waals surface area contributed by atoms with Crippen LogP contribution in [0.15, 0.2) is 53.3 Å². The molecular formula is C21H22FN3O2. The summed E-state index contributed by atoms with van der Waals surface area (Å²) in [5, 5.41) is -0.0453. The SMILES string of the molecule is Cc1c(C(N)=O)c2cccc(F)c2c(=O)n1N.c1ccc(CC2CC2)cc1. The van der Waals surface area contributed by atoms with Gasteiger partial charge < -0.3 is 11.6 Å². The van der Waals surface area contributed by atoms with Crippen molar-refractivity contribution < 1.29 is 9.18 Å². The number of carbonyl (C=O) groups excluding carboxylic acids is 1. The predicted molar refractivity (Wildman–Crippen MR) is 104 cm³/mol. The summed E-state index contributed by atoms with van der Waals surface area (Å²) in [6.07, 6.45) is 4.21. The zero-order valence-corrected chi connectivity index (χ0v) is 15.1. The van der Waals surface area contributed by atoms with E-state index in [9.17, 15) is 14.0 Å². The van der Waals surface area contributed by atoms with Gasteiger partial charge in [0.1, 0.15) is 5.82 Å². The van der Waals surface area contributed by atoms with Crippen LogP contribution in [-0.4, -0.2) is 10.6 Å². The number of fused-ring (bicyclic) bond motifs is 1. The molecule has 1 amide bonds. The van der Waals surface area contributed by atoms with Gasteiger partial charge in [0, 0.05) is 5.39 Å². The van der Waals surface area contributed by atoms with Gasteiger partial charge in [0.2, 0.25) is 0 Å². The molecule has 3 aromatic rings. The molecule has 0 bridgehead atoms. The number of nitrogens with zero attached hydrogens (tertiary/aromatic N) is 1. The molecular weight excluding hydrogens is 345 g/mol. The maximum Gasteiger partial charge on any atom is 0.279 e. The van der Waals surface area contributed by atoms with E-state index in [2.05, 4.69) is 30.3 Å². The summed E-state index contributed by atoms with van der Waals surface area (Å²) in [7, 11) is 0. The number of aromatic nitrogens is 1. The molecule has 1 fully saturated rings. The Kier molecular flexibility index (Phi) is 5.26. The smallest absolute Gasteiger partial charge is 0.279 e. The molecule has 140 valence electrons. The Morgan fingerprint density at radius 2 is 1.81 bits per heavy atom. The molecule has 5 nitrogen and oxygen atoms in total. The average Bonchev–Trinajstić information content (AvgIpc) is 3.45. The molecule has 0 aliphatic heterocycles. The average molecular weight is 367 g/mol. The van der Waals surface area contributed by atoms with Gasteiger partial charge in [-0.3, -0.25) is 9.59 Å². The van der Waals surface area contributed by atoms with E-state index in [0.29, 0.717) is 0 Å². The lowest BCUT2D eigenvalue weighted by Crippen LogP contribution is -2.33. The molecule has 1 heterocycles. The predicted octanol–water partition coefficient (Wildman–Crippen LogP) is 2.90. The van der Waals surface area contributed by atoms with E-state index in [1.54, 1.807) is 0 Å². The van der Waals surface area contributed by atoms with Crippen molar-refractivity contribution in [1.29, 1.82) is 0 Å². The first-order valence-electron chi connectivity index (χ1n) is 8.82. The van der Waals surface area contributed by atoms with E-state index < -0.39 is 17.3 Å². The Bertz CT molecular complexity index is 1040. The lowest BCUT2D eigenvalue weighted by atomic mass is 10.0. The van der Waals surface area contributed by atoms with Crippen LogP contribution in [0.25, 0.3) is 10.8 Å². The van der Waals surface area contributed by atoms with E-state index in [1.807, 2.05) is 0 Å². The highest BCUT2D eigenvalue weighted by Crippen LogP contribution is 2.32. The van der Waals surface area contributed by atoms with Gasteiger partial charge in [-0.05, 0) is 43.7 Å². The van der Waals surface area contributed by atoms with Crippen LogP contribution in [0.3, 0.4) is 0 Å². The third-order valence-electron chi connectivity index (χ3n) is 4.75. The molecule has 0 spiro atoms. The number of benzene rings is 2. The van der Waals surface area contributed by atoms with Crippen LogP contribution >= 0.6 is 0 Å². The molecule has 4 rings (SSSR count). The van der Waals surface area contributed by atoms with Crippen molar-refractivity contribution in [3.8, 4) is 0 Å². The number of carbonyl (C=O) groups is 1. The fourth-order valence-corrected chi connectivity index (χ4v) is 3.12. The Hall–Kier alpha value is -3.15. The third-order valence-corrected chi connectivity index (χ3v) is 4.75. The van der Waals surface area contributed by atoms with Crippen LogP contribution in [0.1, 0.15) is 34.5 Å². The second kappa shape index (κ2) is 7.61. The van der Waals surface area contributed by atoms with Crippen molar-refractivity contribution in [2.45, 2.75) is 26.2 Å². The number of hydrogen-bond donors (Lipinski definition) is 2. The zero-order valence-electron chi connectivity index (χ0n) is 15.1. The third kappa shape index (κ3) is 4.00. The van der Waals surface area contributed by atoms with Gasteiger partial charge in [0.05, 0.1) is 16.6 Å². The first-order chi connectivity index (χ1) is 12.9. The Labute approximate surface area is 156 Å². The minimum Gasteiger partial charge on any atom is -0.366 e. The lowest BCUT2D eigenvalue weighted by Gasteiger charge is -2.11. The summed E-state index contributed by atoms with van der Waals surface area (Å²) in [4.78, 5) is 23.1. The number of halogens is 1. The second-order valence-corrected chi connectivity index (χ2v) is 6.80. The van der Waals surface area contributed by atoms with E-state index in [4.69, 9.17) is 11.6 Å². The van der Waals surface area contributed by atoms with Crippen molar-refractivity contribution >= 4 is 16.7 Å². The quantitative estimate of drug-likeness (QED) is 0.697. The first-order valence-corrected chi connectivity index (χ1v) is 8.82. The van der Waals surface area contributed by atoms with E-state index in [1.165, 1.54) is 43.9 Å². The molecule has 1 aliphatic carbocycles. The number of primary amides is 1. The molecule has 4 N–H and O–H groups in total. The highest BCUT2D eigenvalue weighted by atomic mass is 19.1. The first kappa shape index (κ1) is 18.6. The van der Waals surface area contributed by atoms with Crippen molar-refractivity contribution in [1.82, 2.24) is 4.68 Å². The summed E-state index contributed by atoms with van der Waals surface area (Å²) in [6.45, 7) is 1.48. The maximum absolute atomic E-state index is 13.6. The number of nitrogens with two attached hydrogens (primary N) is 2. The van der Waals surface area contributed by atoms with Gasteiger partial charge in [-0.1, -0.05) is 42.5 Å². The molecule has 6 heteroatoms. The molecule has 0 unspecified atom stereocenters. The fraction of sp³-hybridized carbons (Fsp3) is 0.238. The van der Waals surface area contributed by atoms with Crippen molar-refractivity contribution in [2.75, 3.05) is 5.84 Å².